The van der Waals surface area contributed by atoms with Gasteiger partial charge in [0, 0.05) is 6.42 Å². The van der Waals surface area contributed by atoms with Crippen LogP contribution in [0.1, 0.15) is 85.0 Å². The van der Waals surface area contributed by atoms with E-state index in [0.717, 1.165) is 51.4 Å². The SMILES string of the molecule is CC12CCC(O)CC1=CCC1C2CCC2(C)C(CC(CC(C)(O)C(F)(F)F)S(=O)(=O)c3ccccc3)CCC12. The van der Waals surface area contributed by atoms with E-state index in [1.807, 2.05) is 0 Å². The molecule has 0 amide bonds. The summed E-state index contributed by atoms with van der Waals surface area (Å²) in [7, 11) is -4.09. The fourth-order valence-electron chi connectivity index (χ4n) is 9.14. The van der Waals surface area contributed by atoms with Crippen molar-refractivity contribution in [2.75, 3.05) is 0 Å². The Morgan fingerprint density at radius 3 is 2.38 bits per heavy atom. The number of halogens is 3. The van der Waals surface area contributed by atoms with E-state index in [-0.39, 0.29) is 34.2 Å². The fourth-order valence-corrected chi connectivity index (χ4v) is 11.1. The summed E-state index contributed by atoms with van der Waals surface area (Å²) in [6.45, 7) is 5.29. The van der Waals surface area contributed by atoms with Crippen LogP contribution in [0.15, 0.2) is 46.9 Å². The number of hydrogen-bond acceptors (Lipinski definition) is 4. The molecule has 1 aromatic rings. The molecule has 1 aromatic carbocycles. The number of benzene rings is 1. The molecule has 5 rings (SSSR count). The number of fused-ring (bicyclic) bond motifs is 5. The van der Waals surface area contributed by atoms with Crippen molar-refractivity contribution in [3.05, 3.63) is 42.0 Å². The summed E-state index contributed by atoms with van der Waals surface area (Å²) in [4.78, 5) is 0.00809. The molecule has 0 heterocycles. The molecule has 0 bridgehead atoms. The highest BCUT2D eigenvalue weighted by Gasteiger charge is 2.60. The minimum atomic E-state index is -4.92. The minimum Gasteiger partial charge on any atom is -0.393 e. The Morgan fingerprint density at radius 2 is 1.72 bits per heavy atom. The molecule has 9 unspecified atom stereocenters. The largest absolute Gasteiger partial charge is 0.416 e. The molecule has 3 fully saturated rings. The molecule has 0 saturated heterocycles. The number of allylic oxidation sites excluding steroid dienone is 1. The van der Waals surface area contributed by atoms with Gasteiger partial charge in [-0.05, 0) is 111 Å². The van der Waals surface area contributed by atoms with E-state index in [0.29, 0.717) is 24.7 Å². The van der Waals surface area contributed by atoms with Gasteiger partial charge in [0.1, 0.15) is 0 Å². The molecular formula is C31H43F3O4S. The molecule has 39 heavy (non-hydrogen) atoms. The van der Waals surface area contributed by atoms with Gasteiger partial charge in [0.15, 0.2) is 15.4 Å². The van der Waals surface area contributed by atoms with E-state index >= 15 is 0 Å². The van der Waals surface area contributed by atoms with E-state index in [2.05, 4.69) is 19.9 Å². The summed E-state index contributed by atoms with van der Waals surface area (Å²) in [6.07, 6.45) is 3.65. The summed E-state index contributed by atoms with van der Waals surface area (Å²) < 4.78 is 68.7. The van der Waals surface area contributed by atoms with Crippen LogP contribution in [0.4, 0.5) is 13.2 Å². The number of hydrogen-bond donors (Lipinski definition) is 2. The zero-order chi connectivity index (χ0) is 28.4. The normalized spacial score (nSPS) is 39.1. The van der Waals surface area contributed by atoms with Gasteiger partial charge in [-0.25, -0.2) is 8.42 Å². The number of aliphatic hydroxyl groups is 2. The quantitative estimate of drug-likeness (QED) is 0.368. The molecule has 4 aliphatic rings. The van der Waals surface area contributed by atoms with Crippen molar-refractivity contribution in [1.82, 2.24) is 0 Å². The lowest BCUT2D eigenvalue weighted by molar-refractivity contribution is -0.255. The maximum absolute atomic E-state index is 13.8. The number of aliphatic hydroxyl groups excluding tert-OH is 1. The predicted octanol–water partition coefficient (Wildman–Crippen LogP) is 6.86. The minimum absolute atomic E-state index is 0.00809. The zero-order valence-electron chi connectivity index (χ0n) is 23.3. The third kappa shape index (κ3) is 4.90. The standard InChI is InChI=1S/C31H43F3O4S/c1-28-15-13-22(35)17-20(28)9-11-25-26-12-10-21(29(26,2)16-14-27(25)28)18-24(19-30(3,36)31(32,33)34)39(37,38)23-7-5-4-6-8-23/h4-9,21-22,24-27,35-36H,10-19H2,1-3H3. The van der Waals surface area contributed by atoms with Gasteiger partial charge in [-0.15, -0.1) is 0 Å². The van der Waals surface area contributed by atoms with Crippen LogP contribution in [-0.4, -0.2) is 41.8 Å². The Bertz CT molecular complexity index is 1190. The molecule has 218 valence electrons. The summed E-state index contributed by atoms with van der Waals surface area (Å²) in [5, 5.41) is 19.3. The van der Waals surface area contributed by atoms with E-state index in [4.69, 9.17) is 0 Å². The van der Waals surface area contributed by atoms with E-state index in [1.54, 1.807) is 18.2 Å². The second kappa shape index (κ2) is 9.87. The van der Waals surface area contributed by atoms with Crippen LogP contribution in [0.25, 0.3) is 0 Å². The van der Waals surface area contributed by atoms with Gasteiger partial charge < -0.3 is 10.2 Å². The Kier molecular flexibility index (Phi) is 7.37. The maximum atomic E-state index is 13.8. The van der Waals surface area contributed by atoms with Crippen LogP contribution in [0.3, 0.4) is 0 Å². The smallest absolute Gasteiger partial charge is 0.393 e. The summed E-state index contributed by atoms with van der Waals surface area (Å²) in [6, 6.07) is 7.70. The Balaban J connectivity index is 1.43. The van der Waals surface area contributed by atoms with Crippen LogP contribution in [-0.2, 0) is 9.84 Å². The fraction of sp³-hybridized carbons (Fsp3) is 0.742. The number of sulfone groups is 1. The zero-order valence-corrected chi connectivity index (χ0v) is 24.1. The lowest BCUT2D eigenvalue weighted by Gasteiger charge is -2.58. The topological polar surface area (TPSA) is 74.6 Å². The highest BCUT2D eigenvalue weighted by Crippen LogP contribution is 2.67. The highest BCUT2D eigenvalue weighted by atomic mass is 32.2. The van der Waals surface area contributed by atoms with Crippen molar-refractivity contribution >= 4 is 9.84 Å². The second-order valence-corrected chi connectivity index (χ2v) is 15.9. The number of rotatable bonds is 6. The van der Waals surface area contributed by atoms with Gasteiger partial charge in [0.2, 0.25) is 0 Å². The van der Waals surface area contributed by atoms with Crippen molar-refractivity contribution in [3.63, 3.8) is 0 Å². The molecule has 8 heteroatoms. The van der Waals surface area contributed by atoms with Gasteiger partial charge in [-0.2, -0.15) is 13.2 Å². The monoisotopic (exact) mass is 568 g/mol. The third-order valence-electron chi connectivity index (χ3n) is 11.6. The number of alkyl halides is 3. The van der Waals surface area contributed by atoms with Crippen LogP contribution in [0.5, 0.6) is 0 Å². The first-order valence-corrected chi connectivity index (χ1v) is 16.1. The van der Waals surface area contributed by atoms with E-state index in [1.165, 1.54) is 17.7 Å². The van der Waals surface area contributed by atoms with Crippen molar-refractivity contribution in [1.29, 1.82) is 0 Å². The molecule has 0 spiro atoms. The van der Waals surface area contributed by atoms with E-state index < -0.39 is 33.3 Å². The summed E-state index contributed by atoms with van der Waals surface area (Å²) in [5.41, 5.74) is -1.76. The van der Waals surface area contributed by atoms with Crippen LogP contribution in [0, 0.1) is 34.5 Å². The Hall–Kier alpha value is -1.38. The maximum Gasteiger partial charge on any atom is 0.416 e. The first kappa shape index (κ1) is 29.1. The van der Waals surface area contributed by atoms with Crippen LogP contribution >= 0.6 is 0 Å². The first-order valence-electron chi connectivity index (χ1n) is 14.6. The molecule has 4 nitrogen and oxygen atoms in total. The molecule has 0 radical (unpaired) electrons. The van der Waals surface area contributed by atoms with Gasteiger partial charge in [-0.3, -0.25) is 0 Å². The van der Waals surface area contributed by atoms with Gasteiger partial charge >= 0.3 is 6.18 Å². The molecule has 0 aromatic heterocycles. The first-order chi connectivity index (χ1) is 18.1. The Morgan fingerprint density at radius 1 is 1.03 bits per heavy atom. The second-order valence-electron chi connectivity index (χ2n) is 13.7. The van der Waals surface area contributed by atoms with E-state index in [9.17, 15) is 31.8 Å². The van der Waals surface area contributed by atoms with Crippen molar-refractivity contribution < 1.29 is 31.8 Å². The average Bonchev–Trinajstić information content (AvgIpc) is 3.20. The van der Waals surface area contributed by atoms with Gasteiger partial charge in [-0.1, -0.05) is 43.7 Å². The predicted molar refractivity (Wildman–Crippen MR) is 145 cm³/mol. The highest BCUT2D eigenvalue weighted by molar-refractivity contribution is 7.92. The van der Waals surface area contributed by atoms with Gasteiger partial charge in [0.05, 0.1) is 16.2 Å². The summed E-state index contributed by atoms with van der Waals surface area (Å²) in [5.74, 6) is 1.37. The molecule has 0 aliphatic heterocycles. The summed E-state index contributed by atoms with van der Waals surface area (Å²) >= 11 is 0. The van der Waals surface area contributed by atoms with Gasteiger partial charge in [0.25, 0.3) is 0 Å². The van der Waals surface area contributed by atoms with Crippen LogP contribution in [0.2, 0.25) is 0 Å². The average molecular weight is 569 g/mol. The van der Waals surface area contributed by atoms with Crippen molar-refractivity contribution in [3.8, 4) is 0 Å². The molecule has 4 aliphatic carbocycles. The van der Waals surface area contributed by atoms with Crippen LogP contribution < -0.4 is 0 Å². The Labute approximate surface area is 231 Å². The van der Waals surface area contributed by atoms with Crippen molar-refractivity contribution in [2.24, 2.45) is 34.5 Å². The molecular weight excluding hydrogens is 525 g/mol. The van der Waals surface area contributed by atoms with Crippen molar-refractivity contribution in [2.45, 2.75) is 113 Å². The third-order valence-corrected chi connectivity index (χ3v) is 13.7. The molecule has 3 saturated carbocycles. The lowest BCUT2D eigenvalue weighted by atomic mass is 9.47. The lowest BCUT2D eigenvalue weighted by Crippen LogP contribution is -2.51. The molecule has 2 N–H and O–H groups in total. The molecule has 9 atom stereocenters.